The van der Waals surface area contributed by atoms with Gasteiger partial charge in [-0.25, -0.2) is 0 Å². The van der Waals surface area contributed by atoms with Crippen LogP contribution in [0.5, 0.6) is 0 Å². The van der Waals surface area contributed by atoms with Gasteiger partial charge in [0.2, 0.25) is 0 Å². The first-order chi connectivity index (χ1) is 7.49. The predicted molar refractivity (Wildman–Crippen MR) is 67.5 cm³/mol. The molecule has 0 aliphatic carbocycles. The van der Waals surface area contributed by atoms with Gasteiger partial charge in [0, 0.05) is 12.1 Å². The number of amides is 1. The predicted octanol–water partition coefficient (Wildman–Crippen LogP) is 3.24. The van der Waals surface area contributed by atoms with Gasteiger partial charge in [-0.2, -0.15) is 0 Å². The molecule has 1 aromatic carbocycles. The van der Waals surface area contributed by atoms with Gasteiger partial charge in [0.25, 0.3) is 5.91 Å². The molecule has 0 unspecified atom stereocenters. The van der Waals surface area contributed by atoms with Gasteiger partial charge >= 0.3 is 0 Å². The van der Waals surface area contributed by atoms with Crippen molar-refractivity contribution in [3.63, 3.8) is 0 Å². The Balaban J connectivity index is 2.27. The van der Waals surface area contributed by atoms with E-state index in [1.807, 2.05) is 30.3 Å². The summed E-state index contributed by atoms with van der Waals surface area (Å²) in [6, 6.07) is 9.34. The summed E-state index contributed by atoms with van der Waals surface area (Å²) in [5, 5.41) is 2.93. The summed E-state index contributed by atoms with van der Waals surface area (Å²) in [5.41, 5.74) is 1.08. The summed E-state index contributed by atoms with van der Waals surface area (Å²) in [6.45, 7) is 7.40. The van der Waals surface area contributed by atoms with E-state index in [1.54, 1.807) is 0 Å². The molecule has 2 heteroatoms. The third-order valence-corrected chi connectivity index (χ3v) is 2.43. The molecular weight excluding hydrogens is 198 g/mol. The summed E-state index contributed by atoms with van der Waals surface area (Å²) in [4.78, 5) is 11.7. The number of carbonyl (C=O) groups excluding carboxylic acids is 1. The molecule has 0 aromatic heterocycles. The lowest BCUT2D eigenvalue weighted by Crippen LogP contribution is -2.25. The highest BCUT2D eigenvalue weighted by molar-refractivity contribution is 5.94. The van der Waals surface area contributed by atoms with Crippen molar-refractivity contribution >= 4 is 5.91 Å². The minimum absolute atomic E-state index is 0.0227. The van der Waals surface area contributed by atoms with E-state index in [0.29, 0.717) is 5.41 Å². The van der Waals surface area contributed by atoms with Crippen molar-refractivity contribution in [1.29, 1.82) is 0 Å². The quantitative estimate of drug-likeness (QED) is 0.774. The zero-order chi connectivity index (χ0) is 12.0. The Bertz CT molecular complexity index is 324. The van der Waals surface area contributed by atoms with E-state index in [4.69, 9.17) is 0 Å². The van der Waals surface area contributed by atoms with E-state index < -0.39 is 0 Å². The Morgan fingerprint density at radius 1 is 1.19 bits per heavy atom. The van der Waals surface area contributed by atoms with Gasteiger partial charge in [0.1, 0.15) is 0 Å². The average molecular weight is 219 g/mol. The summed E-state index contributed by atoms with van der Waals surface area (Å²) >= 11 is 0. The number of carbonyl (C=O) groups is 1. The Morgan fingerprint density at radius 3 is 2.38 bits per heavy atom. The summed E-state index contributed by atoms with van der Waals surface area (Å²) in [6.07, 6.45) is 2.16. The first kappa shape index (κ1) is 12.8. The molecule has 0 aliphatic heterocycles. The van der Waals surface area contributed by atoms with Crippen LogP contribution in [0.25, 0.3) is 0 Å². The van der Waals surface area contributed by atoms with Gasteiger partial charge in [0.15, 0.2) is 0 Å². The molecule has 1 amide bonds. The largest absolute Gasteiger partial charge is 0.352 e. The fourth-order valence-corrected chi connectivity index (χ4v) is 1.51. The van der Waals surface area contributed by atoms with E-state index in [0.717, 1.165) is 24.9 Å². The molecule has 0 bridgehead atoms. The van der Waals surface area contributed by atoms with Crippen LogP contribution < -0.4 is 5.32 Å². The maximum atomic E-state index is 11.7. The smallest absolute Gasteiger partial charge is 0.251 e. The third kappa shape index (κ3) is 4.96. The van der Waals surface area contributed by atoms with Crippen molar-refractivity contribution in [1.82, 2.24) is 5.32 Å². The third-order valence-electron chi connectivity index (χ3n) is 2.43. The minimum atomic E-state index is 0.0227. The van der Waals surface area contributed by atoms with Crippen molar-refractivity contribution in [2.75, 3.05) is 6.54 Å². The van der Waals surface area contributed by atoms with E-state index in [-0.39, 0.29) is 5.91 Å². The number of benzene rings is 1. The molecule has 88 valence electrons. The normalized spacial score (nSPS) is 11.2. The van der Waals surface area contributed by atoms with Crippen LogP contribution in [0.15, 0.2) is 30.3 Å². The number of hydrogen-bond acceptors (Lipinski definition) is 1. The minimum Gasteiger partial charge on any atom is -0.352 e. The molecule has 2 nitrogen and oxygen atoms in total. The first-order valence-corrected chi connectivity index (χ1v) is 5.82. The second kappa shape index (κ2) is 5.69. The molecule has 0 atom stereocenters. The lowest BCUT2D eigenvalue weighted by atomic mass is 9.91. The highest BCUT2D eigenvalue weighted by atomic mass is 16.1. The fourth-order valence-electron chi connectivity index (χ4n) is 1.51. The van der Waals surface area contributed by atoms with E-state index in [1.165, 1.54) is 0 Å². The fraction of sp³-hybridized carbons (Fsp3) is 0.500. The summed E-state index contributed by atoms with van der Waals surface area (Å²) in [5.74, 6) is 0.0227. The van der Waals surface area contributed by atoms with Gasteiger partial charge in [-0.1, -0.05) is 39.0 Å². The van der Waals surface area contributed by atoms with Crippen LogP contribution in [0.4, 0.5) is 0 Å². The lowest BCUT2D eigenvalue weighted by molar-refractivity contribution is 0.0951. The van der Waals surface area contributed by atoms with Crippen LogP contribution in [-0.4, -0.2) is 12.5 Å². The molecule has 0 fully saturated rings. The molecule has 0 saturated carbocycles. The zero-order valence-electron chi connectivity index (χ0n) is 10.4. The molecule has 0 aliphatic rings. The molecule has 1 aromatic rings. The molecule has 1 N–H and O–H groups in total. The van der Waals surface area contributed by atoms with E-state index >= 15 is 0 Å². The van der Waals surface area contributed by atoms with Crippen molar-refractivity contribution < 1.29 is 4.79 Å². The van der Waals surface area contributed by atoms with Gasteiger partial charge in [-0.05, 0) is 30.4 Å². The van der Waals surface area contributed by atoms with Crippen molar-refractivity contribution in [3.8, 4) is 0 Å². The van der Waals surface area contributed by atoms with Crippen molar-refractivity contribution in [2.45, 2.75) is 33.6 Å². The molecular formula is C14H21NO. The Morgan fingerprint density at radius 2 is 1.81 bits per heavy atom. The van der Waals surface area contributed by atoms with E-state index in [9.17, 15) is 4.79 Å². The molecule has 16 heavy (non-hydrogen) atoms. The summed E-state index contributed by atoms with van der Waals surface area (Å²) < 4.78 is 0. The lowest BCUT2D eigenvalue weighted by Gasteiger charge is -2.17. The van der Waals surface area contributed by atoms with Gasteiger partial charge in [0.05, 0.1) is 0 Å². The van der Waals surface area contributed by atoms with Crippen molar-refractivity contribution in [3.05, 3.63) is 35.9 Å². The molecule has 0 saturated heterocycles. The molecule has 0 heterocycles. The maximum Gasteiger partial charge on any atom is 0.251 e. The van der Waals surface area contributed by atoms with Crippen LogP contribution in [0.2, 0.25) is 0 Å². The topological polar surface area (TPSA) is 29.1 Å². The maximum absolute atomic E-state index is 11.7. The summed E-state index contributed by atoms with van der Waals surface area (Å²) in [7, 11) is 0. The van der Waals surface area contributed by atoms with Crippen LogP contribution in [0, 0.1) is 5.41 Å². The molecule has 0 radical (unpaired) electrons. The SMILES string of the molecule is CC(C)(C)CCCNC(=O)c1ccccc1. The number of hydrogen-bond donors (Lipinski definition) is 1. The van der Waals surface area contributed by atoms with Crippen LogP contribution in [-0.2, 0) is 0 Å². The second-order valence-corrected chi connectivity index (χ2v) is 5.29. The van der Waals surface area contributed by atoms with Gasteiger partial charge in [-0.15, -0.1) is 0 Å². The zero-order valence-corrected chi connectivity index (χ0v) is 10.4. The highest BCUT2D eigenvalue weighted by Crippen LogP contribution is 2.19. The monoisotopic (exact) mass is 219 g/mol. The van der Waals surface area contributed by atoms with Crippen LogP contribution >= 0.6 is 0 Å². The Kier molecular flexibility index (Phi) is 4.53. The second-order valence-electron chi connectivity index (χ2n) is 5.29. The van der Waals surface area contributed by atoms with E-state index in [2.05, 4.69) is 26.1 Å². The van der Waals surface area contributed by atoms with Crippen molar-refractivity contribution in [2.24, 2.45) is 5.41 Å². The molecule has 0 spiro atoms. The van der Waals surface area contributed by atoms with Gasteiger partial charge < -0.3 is 5.32 Å². The number of nitrogens with one attached hydrogen (secondary N) is 1. The van der Waals surface area contributed by atoms with Gasteiger partial charge in [-0.3, -0.25) is 4.79 Å². The van der Waals surface area contributed by atoms with Crippen LogP contribution in [0.3, 0.4) is 0 Å². The Labute approximate surface area is 98.1 Å². The standard InChI is InChI=1S/C14H21NO/c1-14(2,3)10-7-11-15-13(16)12-8-5-4-6-9-12/h4-6,8-9H,7,10-11H2,1-3H3,(H,15,16). The Hall–Kier alpha value is -1.31. The number of rotatable bonds is 4. The average Bonchev–Trinajstić information content (AvgIpc) is 2.24. The van der Waals surface area contributed by atoms with Crippen LogP contribution in [0.1, 0.15) is 44.0 Å². The first-order valence-electron chi connectivity index (χ1n) is 5.82. The molecule has 1 rings (SSSR count). The highest BCUT2D eigenvalue weighted by Gasteiger charge is 2.09.